The normalized spacial score (nSPS) is 14.0. The SMILES string of the molecule is COc1cccc2c1N(CCCCCn1cccn1)CCC2. The van der Waals surface area contributed by atoms with Gasteiger partial charge in [-0.05, 0) is 49.8 Å². The van der Waals surface area contributed by atoms with E-state index in [1.54, 1.807) is 7.11 Å². The molecule has 22 heavy (non-hydrogen) atoms. The Morgan fingerprint density at radius 3 is 2.86 bits per heavy atom. The highest BCUT2D eigenvalue weighted by molar-refractivity contribution is 5.65. The Hall–Kier alpha value is -1.97. The lowest BCUT2D eigenvalue weighted by molar-refractivity contribution is 0.412. The lowest BCUT2D eigenvalue weighted by Crippen LogP contribution is -2.30. The largest absolute Gasteiger partial charge is 0.495 e. The number of methoxy groups -OCH3 is 1. The highest BCUT2D eigenvalue weighted by atomic mass is 16.5. The predicted molar refractivity (Wildman–Crippen MR) is 89.6 cm³/mol. The molecule has 0 radical (unpaired) electrons. The van der Waals surface area contributed by atoms with Gasteiger partial charge >= 0.3 is 0 Å². The molecule has 3 rings (SSSR count). The van der Waals surface area contributed by atoms with Crippen LogP contribution in [0.3, 0.4) is 0 Å². The van der Waals surface area contributed by atoms with Crippen LogP contribution in [-0.4, -0.2) is 30.0 Å². The number of para-hydroxylation sites is 1. The number of unbranched alkanes of at least 4 members (excludes halogenated alkanes) is 2. The van der Waals surface area contributed by atoms with Crippen molar-refractivity contribution in [2.75, 3.05) is 25.1 Å². The first-order valence-corrected chi connectivity index (χ1v) is 8.27. The number of nitrogens with zero attached hydrogens (tertiary/aromatic N) is 3. The molecule has 0 aliphatic carbocycles. The molecule has 0 spiro atoms. The van der Waals surface area contributed by atoms with Crippen LogP contribution in [0.1, 0.15) is 31.2 Å². The van der Waals surface area contributed by atoms with Crippen molar-refractivity contribution in [3.8, 4) is 5.75 Å². The Labute approximate surface area is 132 Å². The van der Waals surface area contributed by atoms with Crippen LogP contribution < -0.4 is 9.64 Å². The topological polar surface area (TPSA) is 30.3 Å². The number of anilines is 1. The molecule has 118 valence electrons. The summed E-state index contributed by atoms with van der Waals surface area (Å²) in [6.45, 7) is 3.28. The summed E-state index contributed by atoms with van der Waals surface area (Å²) >= 11 is 0. The summed E-state index contributed by atoms with van der Waals surface area (Å²) < 4.78 is 7.58. The maximum Gasteiger partial charge on any atom is 0.142 e. The number of aromatic nitrogens is 2. The molecular formula is C18H25N3O. The summed E-state index contributed by atoms with van der Waals surface area (Å²) in [5.41, 5.74) is 2.76. The van der Waals surface area contributed by atoms with Gasteiger partial charge in [-0.3, -0.25) is 4.68 Å². The van der Waals surface area contributed by atoms with Crippen LogP contribution in [0, 0.1) is 0 Å². The summed E-state index contributed by atoms with van der Waals surface area (Å²) in [5.74, 6) is 1.02. The maximum atomic E-state index is 5.57. The first kappa shape index (κ1) is 14.9. The molecule has 0 saturated carbocycles. The minimum atomic E-state index is 1.02. The summed E-state index contributed by atoms with van der Waals surface area (Å²) in [6, 6.07) is 8.40. The zero-order chi connectivity index (χ0) is 15.2. The fraction of sp³-hybridized carbons (Fsp3) is 0.500. The summed E-state index contributed by atoms with van der Waals surface area (Å²) in [4.78, 5) is 2.51. The molecule has 1 aromatic carbocycles. The highest BCUT2D eigenvalue weighted by Gasteiger charge is 2.20. The second-order valence-corrected chi connectivity index (χ2v) is 5.89. The quantitative estimate of drug-likeness (QED) is 0.733. The third kappa shape index (κ3) is 3.43. The zero-order valence-corrected chi connectivity index (χ0v) is 13.4. The molecule has 4 nitrogen and oxygen atoms in total. The van der Waals surface area contributed by atoms with Crippen molar-refractivity contribution in [1.82, 2.24) is 9.78 Å². The molecule has 0 atom stereocenters. The summed E-state index contributed by atoms with van der Waals surface area (Å²) in [6.07, 6.45) is 9.94. The van der Waals surface area contributed by atoms with Gasteiger partial charge in [0.15, 0.2) is 0 Å². The average Bonchev–Trinajstić information content (AvgIpc) is 3.07. The van der Waals surface area contributed by atoms with E-state index in [0.717, 1.165) is 25.4 Å². The Morgan fingerprint density at radius 1 is 1.14 bits per heavy atom. The van der Waals surface area contributed by atoms with Gasteiger partial charge in [0.2, 0.25) is 0 Å². The first-order valence-electron chi connectivity index (χ1n) is 8.27. The van der Waals surface area contributed by atoms with Crippen LogP contribution in [0.15, 0.2) is 36.7 Å². The first-order chi connectivity index (χ1) is 10.9. The molecule has 4 heteroatoms. The minimum Gasteiger partial charge on any atom is -0.495 e. The van der Waals surface area contributed by atoms with Crippen molar-refractivity contribution in [3.63, 3.8) is 0 Å². The molecule has 0 bridgehead atoms. The standard InChI is InChI=1S/C18H25N3O/c1-22-17-10-5-8-16-9-6-13-20(18(16)17)12-3-2-4-14-21-15-7-11-19-21/h5,7-8,10-11,15H,2-4,6,9,12-14H2,1H3. The number of benzene rings is 1. The molecule has 0 N–H and O–H groups in total. The van der Waals surface area contributed by atoms with Gasteiger partial charge in [0.25, 0.3) is 0 Å². The molecular weight excluding hydrogens is 274 g/mol. The molecule has 2 aromatic rings. The molecule has 1 aliphatic heterocycles. The predicted octanol–water partition coefficient (Wildman–Crippen LogP) is 3.51. The van der Waals surface area contributed by atoms with Crippen molar-refractivity contribution < 1.29 is 4.74 Å². The zero-order valence-electron chi connectivity index (χ0n) is 13.4. The molecule has 1 aromatic heterocycles. The van der Waals surface area contributed by atoms with E-state index >= 15 is 0 Å². The van der Waals surface area contributed by atoms with Crippen molar-refractivity contribution in [1.29, 1.82) is 0 Å². The van der Waals surface area contributed by atoms with Crippen LogP contribution in [-0.2, 0) is 13.0 Å². The summed E-state index contributed by atoms with van der Waals surface area (Å²) in [5, 5.41) is 4.25. The summed E-state index contributed by atoms with van der Waals surface area (Å²) in [7, 11) is 1.77. The lowest BCUT2D eigenvalue weighted by Gasteiger charge is -2.32. The van der Waals surface area contributed by atoms with Gasteiger partial charge < -0.3 is 9.64 Å². The van der Waals surface area contributed by atoms with Crippen LogP contribution in [0.4, 0.5) is 5.69 Å². The van der Waals surface area contributed by atoms with E-state index in [4.69, 9.17) is 4.74 Å². The monoisotopic (exact) mass is 299 g/mol. The van der Waals surface area contributed by atoms with E-state index in [1.165, 1.54) is 43.4 Å². The Kier molecular flexibility index (Phi) is 4.99. The number of fused-ring (bicyclic) bond motifs is 1. The van der Waals surface area contributed by atoms with E-state index in [2.05, 4.69) is 28.2 Å². The number of hydrogen-bond acceptors (Lipinski definition) is 3. The fourth-order valence-electron chi connectivity index (χ4n) is 3.27. The van der Waals surface area contributed by atoms with Gasteiger partial charge in [0.05, 0.1) is 12.8 Å². The lowest BCUT2D eigenvalue weighted by atomic mass is 10.0. The van der Waals surface area contributed by atoms with Crippen molar-refractivity contribution in [2.24, 2.45) is 0 Å². The molecule has 0 unspecified atom stereocenters. The van der Waals surface area contributed by atoms with Gasteiger partial charge in [-0.1, -0.05) is 12.1 Å². The maximum absolute atomic E-state index is 5.57. The smallest absolute Gasteiger partial charge is 0.142 e. The number of ether oxygens (including phenoxy) is 1. The van der Waals surface area contributed by atoms with E-state index in [0.29, 0.717) is 0 Å². The van der Waals surface area contributed by atoms with Crippen molar-refractivity contribution >= 4 is 5.69 Å². The van der Waals surface area contributed by atoms with E-state index < -0.39 is 0 Å². The molecule has 0 fully saturated rings. The molecule has 2 heterocycles. The van der Waals surface area contributed by atoms with Crippen LogP contribution in [0.25, 0.3) is 0 Å². The van der Waals surface area contributed by atoms with Gasteiger partial charge in [-0.25, -0.2) is 0 Å². The van der Waals surface area contributed by atoms with Crippen LogP contribution in [0.5, 0.6) is 5.75 Å². The number of hydrogen-bond donors (Lipinski definition) is 0. The van der Waals surface area contributed by atoms with Crippen LogP contribution in [0.2, 0.25) is 0 Å². The highest BCUT2D eigenvalue weighted by Crippen LogP contribution is 2.36. The van der Waals surface area contributed by atoms with Gasteiger partial charge in [-0.15, -0.1) is 0 Å². The van der Waals surface area contributed by atoms with Crippen molar-refractivity contribution in [3.05, 3.63) is 42.2 Å². The van der Waals surface area contributed by atoms with E-state index in [1.807, 2.05) is 23.1 Å². The Balaban J connectivity index is 1.51. The second kappa shape index (κ2) is 7.34. The molecule has 0 saturated heterocycles. The fourth-order valence-corrected chi connectivity index (χ4v) is 3.27. The van der Waals surface area contributed by atoms with Crippen molar-refractivity contribution in [2.45, 2.75) is 38.6 Å². The molecule has 1 aliphatic rings. The Bertz CT molecular complexity index is 566. The number of rotatable bonds is 7. The third-order valence-electron chi connectivity index (χ3n) is 4.37. The van der Waals surface area contributed by atoms with Gasteiger partial charge in [0, 0.05) is 32.0 Å². The van der Waals surface area contributed by atoms with Gasteiger partial charge in [-0.2, -0.15) is 5.10 Å². The molecule has 0 amide bonds. The van der Waals surface area contributed by atoms with E-state index in [9.17, 15) is 0 Å². The van der Waals surface area contributed by atoms with Crippen LogP contribution >= 0.6 is 0 Å². The Morgan fingerprint density at radius 2 is 2.05 bits per heavy atom. The van der Waals surface area contributed by atoms with Gasteiger partial charge in [0.1, 0.15) is 5.75 Å². The number of aryl methyl sites for hydroxylation is 2. The average molecular weight is 299 g/mol. The second-order valence-electron chi connectivity index (χ2n) is 5.89. The third-order valence-corrected chi connectivity index (χ3v) is 4.37. The minimum absolute atomic E-state index is 1.02. The van der Waals surface area contributed by atoms with E-state index in [-0.39, 0.29) is 0 Å².